The molecule has 0 radical (unpaired) electrons. The van der Waals surface area contributed by atoms with Gasteiger partial charge in [0.2, 0.25) is 0 Å². The molecule has 1 aromatic rings. The lowest BCUT2D eigenvalue weighted by Crippen LogP contribution is -2.48. The van der Waals surface area contributed by atoms with Crippen molar-refractivity contribution < 1.29 is 4.74 Å². The average Bonchev–Trinajstić information content (AvgIpc) is 2.54. The Morgan fingerprint density at radius 3 is 2.60 bits per heavy atom. The minimum atomic E-state index is -0.181. The lowest BCUT2D eigenvalue weighted by Gasteiger charge is -2.32. The van der Waals surface area contributed by atoms with E-state index in [0.717, 1.165) is 17.9 Å². The average molecular weight is 297 g/mol. The molecule has 1 aliphatic heterocycles. The predicted molar refractivity (Wildman–Crippen MR) is 83.6 cm³/mol. The lowest BCUT2D eigenvalue weighted by atomic mass is 9.79. The smallest absolute Gasteiger partial charge is 0.0678 e. The Morgan fingerprint density at radius 1 is 1.40 bits per heavy atom. The molecular weight excluding hydrogens is 272 g/mol. The summed E-state index contributed by atoms with van der Waals surface area (Å²) < 4.78 is 6.17. The molecule has 0 bridgehead atoms. The normalized spacial score (nSPS) is 25.6. The Morgan fingerprint density at radius 2 is 2.10 bits per heavy atom. The van der Waals surface area contributed by atoms with E-state index in [1.165, 1.54) is 5.56 Å². The highest BCUT2D eigenvalue weighted by molar-refractivity contribution is 6.30. The zero-order valence-corrected chi connectivity index (χ0v) is 13.5. The van der Waals surface area contributed by atoms with Crippen LogP contribution in [0.4, 0.5) is 0 Å². The largest absolute Gasteiger partial charge is 0.369 e. The third-order valence-corrected chi connectivity index (χ3v) is 4.42. The summed E-state index contributed by atoms with van der Waals surface area (Å²) in [4.78, 5) is 0. The van der Waals surface area contributed by atoms with Gasteiger partial charge in [-0.25, -0.2) is 0 Å². The van der Waals surface area contributed by atoms with E-state index in [1.807, 2.05) is 18.2 Å². The molecule has 0 aliphatic carbocycles. The maximum Gasteiger partial charge on any atom is 0.0678 e. The van der Waals surface area contributed by atoms with Crippen molar-refractivity contribution in [2.24, 2.45) is 11.8 Å². The van der Waals surface area contributed by atoms with Crippen molar-refractivity contribution in [2.75, 3.05) is 0 Å². The van der Waals surface area contributed by atoms with Crippen LogP contribution in [-0.4, -0.2) is 17.2 Å². The Bertz CT molecular complexity index is 473. The van der Waals surface area contributed by atoms with Crippen LogP contribution in [0, 0.1) is 5.92 Å². The van der Waals surface area contributed by atoms with Gasteiger partial charge in [0.15, 0.2) is 0 Å². The molecule has 20 heavy (non-hydrogen) atoms. The van der Waals surface area contributed by atoms with Gasteiger partial charge in [0.1, 0.15) is 0 Å². The van der Waals surface area contributed by atoms with Crippen molar-refractivity contribution in [3.63, 3.8) is 0 Å². The first-order chi connectivity index (χ1) is 9.23. The lowest BCUT2D eigenvalue weighted by molar-refractivity contribution is -0.0776. The molecule has 0 aromatic heterocycles. The van der Waals surface area contributed by atoms with Gasteiger partial charge < -0.3 is 4.74 Å². The fourth-order valence-corrected chi connectivity index (χ4v) is 3.68. The number of nitrogens with two attached hydrogens (primary N) is 1. The van der Waals surface area contributed by atoms with Crippen molar-refractivity contribution in [1.29, 1.82) is 0 Å². The fraction of sp³-hybridized carbons (Fsp3) is 0.625. The van der Waals surface area contributed by atoms with Gasteiger partial charge >= 0.3 is 0 Å². The van der Waals surface area contributed by atoms with Crippen LogP contribution in [0.2, 0.25) is 5.02 Å². The van der Waals surface area contributed by atoms with Gasteiger partial charge in [-0.2, -0.15) is 0 Å². The summed E-state index contributed by atoms with van der Waals surface area (Å²) in [7, 11) is 0. The minimum absolute atomic E-state index is 0.0996. The van der Waals surface area contributed by atoms with Crippen molar-refractivity contribution in [2.45, 2.75) is 57.8 Å². The SMILES string of the molecule is CC1(C)CC(C(Cc2cccc(Cl)c2)NN)C(C)(C)O1. The summed E-state index contributed by atoms with van der Waals surface area (Å²) in [5, 5.41) is 0.764. The molecule has 2 atom stereocenters. The molecule has 1 aliphatic rings. The summed E-state index contributed by atoms with van der Waals surface area (Å²) in [5.41, 5.74) is 3.90. The number of hydrazine groups is 1. The number of ether oxygens (including phenoxy) is 1. The van der Waals surface area contributed by atoms with E-state index in [2.05, 4.69) is 39.2 Å². The van der Waals surface area contributed by atoms with Crippen molar-refractivity contribution in [1.82, 2.24) is 5.43 Å². The monoisotopic (exact) mass is 296 g/mol. The van der Waals surface area contributed by atoms with Gasteiger partial charge in [-0.05, 0) is 58.2 Å². The number of hydrogen-bond donors (Lipinski definition) is 2. The fourth-order valence-electron chi connectivity index (χ4n) is 3.47. The Balaban J connectivity index is 2.16. The Labute approximate surface area is 126 Å². The molecule has 3 nitrogen and oxygen atoms in total. The third-order valence-electron chi connectivity index (χ3n) is 4.19. The first-order valence-electron chi connectivity index (χ1n) is 7.14. The van der Waals surface area contributed by atoms with E-state index < -0.39 is 0 Å². The maximum absolute atomic E-state index is 6.17. The van der Waals surface area contributed by atoms with Crippen molar-refractivity contribution >= 4 is 11.6 Å². The number of nitrogens with one attached hydrogen (secondary N) is 1. The van der Waals surface area contributed by atoms with E-state index >= 15 is 0 Å². The molecule has 1 heterocycles. The van der Waals surface area contributed by atoms with Gasteiger partial charge in [0.05, 0.1) is 11.2 Å². The second-order valence-electron chi connectivity index (χ2n) is 6.88. The maximum atomic E-state index is 6.17. The van der Waals surface area contributed by atoms with Crippen molar-refractivity contribution in [3.8, 4) is 0 Å². The molecule has 1 fully saturated rings. The molecule has 0 saturated carbocycles. The number of rotatable bonds is 4. The van der Waals surface area contributed by atoms with E-state index in [4.69, 9.17) is 22.2 Å². The quantitative estimate of drug-likeness (QED) is 0.662. The van der Waals surface area contributed by atoms with Crippen LogP contribution in [0.3, 0.4) is 0 Å². The standard InChI is InChI=1S/C16H25ClN2O/c1-15(2)10-13(16(3,4)20-15)14(19-18)9-11-6-5-7-12(17)8-11/h5-8,13-14,19H,9-10,18H2,1-4H3. The van der Waals surface area contributed by atoms with Gasteiger partial charge in [0.25, 0.3) is 0 Å². The van der Waals surface area contributed by atoms with E-state index in [-0.39, 0.29) is 17.2 Å². The van der Waals surface area contributed by atoms with Gasteiger partial charge in [0, 0.05) is 17.0 Å². The molecule has 1 aromatic carbocycles. The number of benzene rings is 1. The van der Waals surface area contributed by atoms with Gasteiger partial charge in [-0.1, -0.05) is 23.7 Å². The highest BCUT2D eigenvalue weighted by Gasteiger charge is 2.48. The molecule has 1 saturated heterocycles. The second-order valence-corrected chi connectivity index (χ2v) is 7.32. The Hall–Kier alpha value is -0.610. The second kappa shape index (κ2) is 5.64. The topological polar surface area (TPSA) is 47.3 Å². The van der Waals surface area contributed by atoms with Crippen LogP contribution < -0.4 is 11.3 Å². The third kappa shape index (κ3) is 3.53. The predicted octanol–water partition coefficient (Wildman–Crippen LogP) is 3.31. The molecule has 4 heteroatoms. The van der Waals surface area contributed by atoms with Crippen molar-refractivity contribution in [3.05, 3.63) is 34.9 Å². The number of halogens is 1. The first kappa shape index (κ1) is 15.8. The van der Waals surface area contributed by atoms with E-state index in [0.29, 0.717) is 5.92 Å². The molecule has 2 rings (SSSR count). The molecule has 2 unspecified atom stereocenters. The molecule has 3 N–H and O–H groups in total. The summed E-state index contributed by atoms with van der Waals surface area (Å²) in [6.45, 7) is 8.58. The highest BCUT2D eigenvalue weighted by atomic mass is 35.5. The van der Waals surface area contributed by atoms with Crippen LogP contribution >= 0.6 is 11.6 Å². The Kier molecular flexibility index (Phi) is 4.45. The summed E-state index contributed by atoms with van der Waals surface area (Å²) >= 11 is 6.06. The van der Waals surface area contributed by atoms with Crippen LogP contribution in [0.5, 0.6) is 0 Å². The van der Waals surface area contributed by atoms with Crippen LogP contribution in [-0.2, 0) is 11.2 Å². The molecule has 0 amide bonds. The summed E-state index contributed by atoms with van der Waals surface area (Å²) in [5.74, 6) is 6.17. The number of hydrogen-bond acceptors (Lipinski definition) is 3. The molecule has 0 spiro atoms. The van der Waals surface area contributed by atoms with Crippen LogP contribution in [0.1, 0.15) is 39.7 Å². The van der Waals surface area contributed by atoms with E-state index in [1.54, 1.807) is 0 Å². The minimum Gasteiger partial charge on any atom is -0.369 e. The van der Waals surface area contributed by atoms with Gasteiger partial charge in [-0.3, -0.25) is 11.3 Å². The summed E-state index contributed by atoms with van der Waals surface area (Å²) in [6.07, 6.45) is 1.85. The molecule has 112 valence electrons. The molecular formula is C16H25ClN2O. The van der Waals surface area contributed by atoms with Gasteiger partial charge in [-0.15, -0.1) is 0 Å². The zero-order valence-electron chi connectivity index (χ0n) is 12.7. The van der Waals surface area contributed by atoms with E-state index in [9.17, 15) is 0 Å². The highest BCUT2D eigenvalue weighted by Crippen LogP contribution is 2.44. The zero-order chi connectivity index (χ0) is 15.0. The summed E-state index contributed by atoms with van der Waals surface area (Å²) in [6, 6.07) is 8.13. The van der Waals surface area contributed by atoms with Crippen LogP contribution in [0.25, 0.3) is 0 Å². The first-order valence-corrected chi connectivity index (χ1v) is 7.52. The van der Waals surface area contributed by atoms with Crippen LogP contribution in [0.15, 0.2) is 24.3 Å².